The number of ketones is 1. The van der Waals surface area contributed by atoms with Crippen molar-refractivity contribution in [3.8, 4) is 0 Å². The van der Waals surface area contributed by atoms with Gasteiger partial charge in [0.05, 0.1) is 0 Å². The molecule has 0 saturated heterocycles. The molecule has 0 aliphatic heterocycles. The molecule has 0 saturated carbocycles. The average molecular weight is 366 g/mol. The molecule has 7 nitrogen and oxygen atoms in total. The van der Waals surface area contributed by atoms with E-state index in [1.165, 1.54) is 7.05 Å². The van der Waals surface area contributed by atoms with Crippen molar-refractivity contribution in [2.45, 2.75) is 38.5 Å². The first-order chi connectivity index (χ1) is 12.0. The summed E-state index contributed by atoms with van der Waals surface area (Å²) in [7, 11) is 1.43. The molecule has 0 unspecified atom stereocenters. The van der Waals surface area contributed by atoms with Gasteiger partial charge in [-0.1, -0.05) is 24.4 Å². The summed E-state index contributed by atoms with van der Waals surface area (Å²) in [6.45, 7) is 0. The summed E-state index contributed by atoms with van der Waals surface area (Å²) >= 11 is 5.88. The highest BCUT2D eigenvalue weighted by Gasteiger charge is 2.11. The minimum atomic E-state index is -0.556. The highest BCUT2D eigenvalue weighted by atomic mass is 35.5. The molecule has 0 aliphatic carbocycles. The molecule has 134 valence electrons. The van der Waals surface area contributed by atoms with Gasteiger partial charge in [0, 0.05) is 24.9 Å². The number of fused-ring (bicyclic) bond motifs is 1. The maximum atomic E-state index is 11.9. The number of carbonyl (C=O) groups is 3. The number of anilines is 1. The minimum absolute atomic E-state index is 0.151. The molecule has 2 aromatic rings. The molecule has 1 heterocycles. The van der Waals surface area contributed by atoms with E-state index in [1.807, 2.05) is 0 Å². The van der Waals surface area contributed by atoms with Gasteiger partial charge in [0.25, 0.3) is 5.91 Å². The highest BCUT2D eigenvalue weighted by Crippen LogP contribution is 2.22. The van der Waals surface area contributed by atoms with Crippen LogP contribution in [-0.2, 0) is 14.4 Å². The fraction of sp³-hybridized carbons (Fsp3) is 0.412. The van der Waals surface area contributed by atoms with Gasteiger partial charge in [0.2, 0.25) is 11.7 Å². The van der Waals surface area contributed by atoms with Crippen molar-refractivity contribution in [2.75, 3.05) is 12.4 Å². The Bertz CT molecular complexity index is 772. The number of nitrogens with zero attached hydrogens (tertiary/aromatic N) is 1. The Morgan fingerprint density at radius 2 is 1.84 bits per heavy atom. The summed E-state index contributed by atoms with van der Waals surface area (Å²) in [4.78, 5) is 38.4. The number of nitrogens with one attached hydrogen (secondary N) is 2. The maximum absolute atomic E-state index is 11.9. The number of amides is 2. The second kappa shape index (κ2) is 9.17. The Morgan fingerprint density at radius 1 is 1.12 bits per heavy atom. The number of oxazole rings is 1. The number of aromatic nitrogens is 1. The number of likely N-dealkylation sites (N-methyl/N-ethyl adjacent to an activating group) is 1. The van der Waals surface area contributed by atoms with Crippen molar-refractivity contribution >= 4 is 46.3 Å². The number of unbranched alkanes of at least 4 members (excludes halogenated alkanes) is 3. The van der Waals surface area contributed by atoms with Gasteiger partial charge in [0.15, 0.2) is 5.58 Å². The number of rotatable bonds is 9. The maximum Gasteiger partial charge on any atom is 0.302 e. The molecule has 2 N–H and O–H groups in total. The van der Waals surface area contributed by atoms with Crippen LogP contribution in [0.25, 0.3) is 11.1 Å². The van der Waals surface area contributed by atoms with E-state index in [9.17, 15) is 14.4 Å². The van der Waals surface area contributed by atoms with Crippen LogP contribution in [0.15, 0.2) is 22.6 Å². The van der Waals surface area contributed by atoms with Gasteiger partial charge >= 0.3 is 6.01 Å². The minimum Gasteiger partial charge on any atom is -0.423 e. The van der Waals surface area contributed by atoms with Gasteiger partial charge in [-0.15, -0.1) is 0 Å². The van der Waals surface area contributed by atoms with E-state index in [0.29, 0.717) is 35.4 Å². The van der Waals surface area contributed by atoms with E-state index in [-0.39, 0.29) is 18.3 Å². The molecule has 1 aromatic carbocycles. The lowest BCUT2D eigenvalue weighted by Crippen LogP contribution is -2.27. The first kappa shape index (κ1) is 18.9. The van der Waals surface area contributed by atoms with Crippen molar-refractivity contribution in [1.82, 2.24) is 10.3 Å². The second-order valence-corrected chi connectivity index (χ2v) is 6.03. The van der Waals surface area contributed by atoms with Crippen molar-refractivity contribution in [3.05, 3.63) is 23.2 Å². The second-order valence-electron chi connectivity index (χ2n) is 5.60. The number of carbonyl (C=O) groups excluding carboxylic acids is 3. The third-order valence-electron chi connectivity index (χ3n) is 3.63. The lowest BCUT2D eigenvalue weighted by atomic mass is 10.1. The van der Waals surface area contributed by atoms with Crippen LogP contribution >= 0.6 is 11.6 Å². The lowest BCUT2D eigenvalue weighted by Gasteiger charge is -2.02. The standard InChI is InChI=1S/C17H20ClN3O4/c1-19-16(24)13(22)6-4-2-3-5-7-15(23)21-17-20-12-10-11(18)8-9-14(12)25-17/h8-10H,2-7H2,1H3,(H,19,24)(H,20,21,23). The van der Waals surface area contributed by atoms with Gasteiger partial charge in [-0.2, -0.15) is 4.98 Å². The Balaban J connectivity index is 1.65. The van der Waals surface area contributed by atoms with Gasteiger partial charge in [-0.05, 0) is 31.0 Å². The summed E-state index contributed by atoms with van der Waals surface area (Å²) in [5.41, 5.74) is 1.14. The number of hydrogen-bond acceptors (Lipinski definition) is 5. The first-order valence-electron chi connectivity index (χ1n) is 8.10. The number of halogens is 1. The molecule has 2 rings (SSSR count). The largest absolute Gasteiger partial charge is 0.423 e. The van der Waals surface area contributed by atoms with Crippen LogP contribution in [0.3, 0.4) is 0 Å². The van der Waals surface area contributed by atoms with Crippen LogP contribution in [0.4, 0.5) is 6.01 Å². The third kappa shape index (κ3) is 5.86. The molecule has 0 radical (unpaired) electrons. The molecule has 0 atom stereocenters. The number of Topliss-reactive ketones (excluding diaryl/α,β-unsaturated/α-hetero) is 1. The molecule has 0 bridgehead atoms. The zero-order chi connectivity index (χ0) is 18.2. The van der Waals surface area contributed by atoms with E-state index in [2.05, 4.69) is 15.6 Å². The zero-order valence-electron chi connectivity index (χ0n) is 13.9. The molecule has 25 heavy (non-hydrogen) atoms. The lowest BCUT2D eigenvalue weighted by molar-refractivity contribution is -0.137. The van der Waals surface area contributed by atoms with Crippen LogP contribution in [0.2, 0.25) is 5.02 Å². The molecule has 1 aromatic heterocycles. The van der Waals surface area contributed by atoms with E-state index in [4.69, 9.17) is 16.0 Å². The monoisotopic (exact) mass is 365 g/mol. The zero-order valence-corrected chi connectivity index (χ0v) is 14.7. The Labute approximate surface area is 150 Å². The van der Waals surface area contributed by atoms with Crippen LogP contribution in [0.5, 0.6) is 0 Å². The van der Waals surface area contributed by atoms with Crippen molar-refractivity contribution in [1.29, 1.82) is 0 Å². The van der Waals surface area contributed by atoms with Crippen LogP contribution < -0.4 is 10.6 Å². The van der Waals surface area contributed by atoms with Crippen LogP contribution in [0.1, 0.15) is 38.5 Å². The van der Waals surface area contributed by atoms with E-state index in [1.54, 1.807) is 18.2 Å². The van der Waals surface area contributed by atoms with Gasteiger partial charge in [-0.25, -0.2) is 0 Å². The summed E-state index contributed by atoms with van der Waals surface area (Å²) < 4.78 is 5.42. The molecular weight excluding hydrogens is 346 g/mol. The Kier molecular flexibility index (Phi) is 6.94. The quantitative estimate of drug-likeness (QED) is 0.525. The summed E-state index contributed by atoms with van der Waals surface area (Å²) in [5.74, 6) is -1.14. The Hall–Kier alpha value is -2.41. The molecule has 0 aliphatic rings. The van der Waals surface area contributed by atoms with E-state index in [0.717, 1.165) is 12.8 Å². The summed E-state index contributed by atoms with van der Waals surface area (Å²) in [6.07, 6.45) is 3.49. The molecule has 8 heteroatoms. The number of hydrogen-bond donors (Lipinski definition) is 2. The van der Waals surface area contributed by atoms with Gasteiger partial charge in [0.1, 0.15) is 5.52 Å². The normalized spacial score (nSPS) is 10.6. The Morgan fingerprint density at radius 3 is 2.56 bits per heavy atom. The summed E-state index contributed by atoms with van der Waals surface area (Å²) in [6, 6.07) is 5.20. The van der Waals surface area contributed by atoms with Crippen molar-refractivity contribution < 1.29 is 18.8 Å². The van der Waals surface area contributed by atoms with Gasteiger partial charge < -0.3 is 9.73 Å². The molecule has 0 fully saturated rings. The topological polar surface area (TPSA) is 101 Å². The van der Waals surface area contributed by atoms with E-state index < -0.39 is 11.7 Å². The average Bonchev–Trinajstić information content (AvgIpc) is 2.97. The van der Waals surface area contributed by atoms with Crippen LogP contribution in [0, 0.1) is 0 Å². The fourth-order valence-electron chi connectivity index (χ4n) is 2.31. The van der Waals surface area contributed by atoms with Crippen molar-refractivity contribution in [3.63, 3.8) is 0 Å². The SMILES string of the molecule is CNC(=O)C(=O)CCCCCCC(=O)Nc1nc2cc(Cl)ccc2o1. The van der Waals surface area contributed by atoms with Gasteiger partial charge in [-0.3, -0.25) is 19.7 Å². The first-order valence-corrected chi connectivity index (χ1v) is 8.48. The molecule has 2 amide bonds. The summed E-state index contributed by atoms with van der Waals surface area (Å²) in [5, 5.41) is 5.47. The van der Waals surface area contributed by atoms with Crippen LogP contribution in [-0.4, -0.2) is 29.6 Å². The van der Waals surface area contributed by atoms with E-state index >= 15 is 0 Å². The predicted molar refractivity (Wildman–Crippen MR) is 94.4 cm³/mol. The molecule has 0 spiro atoms. The number of benzene rings is 1. The fourth-order valence-corrected chi connectivity index (χ4v) is 2.48. The third-order valence-corrected chi connectivity index (χ3v) is 3.87. The highest BCUT2D eigenvalue weighted by molar-refractivity contribution is 6.36. The van der Waals surface area contributed by atoms with Crippen molar-refractivity contribution in [2.24, 2.45) is 0 Å². The predicted octanol–water partition coefficient (Wildman–Crippen LogP) is 3.08. The smallest absolute Gasteiger partial charge is 0.302 e. The molecular formula is C17H20ClN3O4.